The Hall–Kier alpha value is -2.36. The third-order valence-electron chi connectivity index (χ3n) is 2.93. The number of amides is 1. The van der Waals surface area contributed by atoms with Gasteiger partial charge in [0, 0.05) is 12.5 Å². The number of hydrogen-bond donors (Lipinski definition) is 2. The molecule has 10 heteroatoms. The number of nitrogens with zero attached hydrogens (tertiary/aromatic N) is 2. The smallest absolute Gasteiger partial charge is 0.376 e. The molecule has 0 aromatic carbocycles. The van der Waals surface area contributed by atoms with Crippen LogP contribution >= 0.6 is 0 Å². The number of halogens is 3. The van der Waals surface area contributed by atoms with Crippen LogP contribution in [0, 0.1) is 0 Å². The molecular weight excluding hydrogens is 293 g/mol. The van der Waals surface area contributed by atoms with E-state index in [4.69, 9.17) is 9.26 Å². The minimum absolute atomic E-state index is 0.0127. The van der Waals surface area contributed by atoms with Gasteiger partial charge in [0.2, 0.25) is 0 Å². The number of H-pyrrole nitrogens is 1. The number of carbonyl (C=O) groups is 1. The molecule has 0 fully saturated rings. The first-order valence-corrected chi connectivity index (χ1v) is 5.94. The van der Waals surface area contributed by atoms with Crippen molar-refractivity contribution in [2.45, 2.75) is 19.2 Å². The fourth-order valence-electron chi connectivity index (χ4n) is 1.91. The van der Waals surface area contributed by atoms with Crippen LogP contribution in [-0.4, -0.2) is 27.9 Å². The highest BCUT2D eigenvalue weighted by Gasteiger charge is 2.33. The first-order chi connectivity index (χ1) is 9.95. The van der Waals surface area contributed by atoms with Gasteiger partial charge in [0.1, 0.15) is 11.5 Å². The molecule has 0 bridgehead atoms. The van der Waals surface area contributed by atoms with Gasteiger partial charge in [-0.25, -0.2) is 0 Å². The lowest BCUT2D eigenvalue weighted by Gasteiger charge is -2.10. The minimum Gasteiger partial charge on any atom is -0.376 e. The van der Waals surface area contributed by atoms with Crippen LogP contribution in [-0.2, 0) is 23.9 Å². The second-order valence-corrected chi connectivity index (χ2v) is 4.35. The Morgan fingerprint density at radius 3 is 2.95 bits per heavy atom. The van der Waals surface area contributed by atoms with E-state index in [1.807, 2.05) is 0 Å². The fraction of sp³-hybridized carbons (Fsp3) is 0.364. The number of rotatable bonds is 2. The number of ether oxygens (including phenoxy) is 1. The Bertz CT molecular complexity index is 677. The van der Waals surface area contributed by atoms with Crippen molar-refractivity contribution >= 4 is 11.7 Å². The van der Waals surface area contributed by atoms with Crippen molar-refractivity contribution in [3.8, 4) is 0 Å². The van der Waals surface area contributed by atoms with Gasteiger partial charge in [-0.1, -0.05) is 5.16 Å². The summed E-state index contributed by atoms with van der Waals surface area (Å²) >= 11 is 0. The number of fused-ring (bicyclic) bond motifs is 1. The molecule has 0 aliphatic carbocycles. The molecule has 0 saturated heterocycles. The largest absolute Gasteiger partial charge is 0.432 e. The van der Waals surface area contributed by atoms with E-state index in [1.165, 1.54) is 0 Å². The summed E-state index contributed by atoms with van der Waals surface area (Å²) in [5.41, 5.74) is -0.560. The van der Waals surface area contributed by atoms with E-state index in [9.17, 15) is 18.0 Å². The molecule has 0 spiro atoms. The van der Waals surface area contributed by atoms with Crippen LogP contribution in [0.2, 0.25) is 0 Å². The van der Waals surface area contributed by atoms with Crippen molar-refractivity contribution in [3.05, 3.63) is 28.8 Å². The van der Waals surface area contributed by atoms with Crippen LogP contribution in [0.25, 0.3) is 0 Å². The first-order valence-electron chi connectivity index (χ1n) is 5.94. The summed E-state index contributed by atoms with van der Waals surface area (Å²) in [6, 6.07) is 0.695. The number of aromatic amines is 1. The molecule has 0 saturated carbocycles. The quantitative estimate of drug-likeness (QED) is 0.881. The van der Waals surface area contributed by atoms with Crippen molar-refractivity contribution in [3.63, 3.8) is 0 Å². The Morgan fingerprint density at radius 1 is 1.43 bits per heavy atom. The van der Waals surface area contributed by atoms with Crippen LogP contribution in [0.15, 0.2) is 10.6 Å². The molecule has 0 atom stereocenters. The van der Waals surface area contributed by atoms with Crippen molar-refractivity contribution < 1.29 is 27.2 Å². The molecule has 0 radical (unpaired) electrons. The third-order valence-corrected chi connectivity index (χ3v) is 2.93. The molecule has 2 aromatic rings. The standard InChI is InChI=1S/C11H9F3N4O3/c12-11(13,14)7-3-8(17-16-7)15-10(19)9-5-4-20-2-1-6(5)21-18-9/h3H,1-2,4H2,(H2,15,16,17,19). The van der Waals surface area contributed by atoms with Gasteiger partial charge < -0.3 is 14.6 Å². The summed E-state index contributed by atoms with van der Waals surface area (Å²) in [4.78, 5) is 12.0. The van der Waals surface area contributed by atoms with Gasteiger partial charge in [-0.15, -0.1) is 0 Å². The molecule has 1 aliphatic heterocycles. The monoisotopic (exact) mass is 302 g/mol. The Labute approximate surface area is 115 Å². The van der Waals surface area contributed by atoms with E-state index in [1.54, 1.807) is 5.10 Å². The Balaban J connectivity index is 1.78. The average Bonchev–Trinajstić information content (AvgIpc) is 3.03. The molecule has 1 amide bonds. The zero-order valence-electron chi connectivity index (χ0n) is 10.5. The van der Waals surface area contributed by atoms with Crippen molar-refractivity contribution in [1.82, 2.24) is 15.4 Å². The van der Waals surface area contributed by atoms with Crippen molar-refractivity contribution in [1.29, 1.82) is 0 Å². The summed E-state index contributed by atoms with van der Waals surface area (Å²) in [5.74, 6) is -0.407. The van der Waals surface area contributed by atoms with Gasteiger partial charge in [-0.3, -0.25) is 9.89 Å². The summed E-state index contributed by atoms with van der Waals surface area (Å²) < 4.78 is 47.4. The normalized spacial score (nSPS) is 14.8. The van der Waals surface area contributed by atoms with Gasteiger partial charge in [-0.05, 0) is 0 Å². The summed E-state index contributed by atoms with van der Waals surface area (Å²) in [7, 11) is 0. The van der Waals surface area contributed by atoms with Gasteiger partial charge in [-0.2, -0.15) is 18.3 Å². The van der Waals surface area contributed by atoms with Crippen LogP contribution in [0.4, 0.5) is 19.0 Å². The topological polar surface area (TPSA) is 93.0 Å². The highest BCUT2D eigenvalue weighted by Crippen LogP contribution is 2.29. The molecule has 3 heterocycles. The van der Waals surface area contributed by atoms with Crippen molar-refractivity contribution in [2.75, 3.05) is 11.9 Å². The predicted octanol–water partition coefficient (Wildman–Crippen LogP) is 1.74. The molecule has 2 aromatic heterocycles. The number of aromatic nitrogens is 3. The van der Waals surface area contributed by atoms with Crippen LogP contribution in [0.5, 0.6) is 0 Å². The summed E-state index contributed by atoms with van der Waals surface area (Å²) in [5, 5.41) is 11.0. The molecule has 1 aliphatic rings. The number of hydrogen-bond acceptors (Lipinski definition) is 5. The summed E-state index contributed by atoms with van der Waals surface area (Å²) in [6.45, 7) is 0.646. The van der Waals surface area contributed by atoms with Gasteiger partial charge in [0.15, 0.2) is 11.5 Å². The second kappa shape index (κ2) is 4.88. The second-order valence-electron chi connectivity index (χ2n) is 4.35. The minimum atomic E-state index is -4.56. The summed E-state index contributed by atoms with van der Waals surface area (Å²) in [6.07, 6.45) is -4.06. The van der Waals surface area contributed by atoms with Gasteiger partial charge in [0.05, 0.1) is 18.8 Å². The maximum Gasteiger partial charge on any atom is 0.432 e. The molecule has 7 nitrogen and oxygen atoms in total. The van der Waals surface area contributed by atoms with E-state index in [0.29, 0.717) is 30.4 Å². The molecule has 112 valence electrons. The maximum absolute atomic E-state index is 12.4. The van der Waals surface area contributed by atoms with Crippen LogP contribution in [0.1, 0.15) is 27.5 Å². The zero-order chi connectivity index (χ0) is 15.0. The van der Waals surface area contributed by atoms with E-state index < -0.39 is 17.8 Å². The van der Waals surface area contributed by atoms with E-state index in [-0.39, 0.29) is 18.1 Å². The molecule has 21 heavy (non-hydrogen) atoms. The lowest BCUT2D eigenvalue weighted by atomic mass is 10.1. The number of alkyl halides is 3. The zero-order valence-corrected chi connectivity index (χ0v) is 10.5. The first kappa shape index (κ1) is 13.6. The maximum atomic E-state index is 12.4. The van der Waals surface area contributed by atoms with E-state index in [0.717, 1.165) is 0 Å². The Kier molecular flexibility index (Phi) is 3.16. The van der Waals surface area contributed by atoms with Crippen molar-refractivity contribution in [2.24, 2.45) is 0 Å². The molecule has 2 N–H and O–H groups in total. The fourth-order valence-corrected chi connectivity index (χ4v) is 1.91. The third kappa shape index (κ3) is 2.61. The molecule has 0 unspecified atom stereocenters. The van der Waals surface area contributed by atoms with Crippen LogP contribution < -0.4 is 5.32 Å². The molecule has 3 rings (SSSR count). The number of anilines is 1. The predicted molar refractivity (Wildman–Crippen MR) is 61.4 cm³/mol. The van der Waals surface area contributed by atoms with E-state index in [2.05, 4.69) is 15.6 Å². The molecular formula is C11H9F3N4O3. The van der Waals surface area contributed by atoms with Crippen LogP contribution in [0.3, 0.4) is 0 Å². The number of nitrogens with one attached hydrogen (secondary N) is 2. The SMILES string of the molecule is O=C(Nc1cc(C(F)(F)F)[nH]n1)c1noc2c1COCC2. The van der Waals surface area contributed by atoms with Gasteiger partial charge >= 0.3 is 6.18 Å². The number of carbonyl (C=O) groups excluding carboxylic acids is 1. The average molecular weight is 302 g/mol. The lowest BCUT2D eigenvalue weighted by molar-refractivity contribution is -0.141. The van der Waals surface area contributed by atoms with Gasteiger partial charge in [0.25, 0.3) is 5.91 Å². The highest BCUT2D eigenvalue weighted by atomic mass is 19.4. The Morgan fingerprint density at radius 2 is 2.24 bits per heavy atom. The van der Waals surface area contributed by atoms with E-state index >= 15 is 0 Å². The lowest BCUT2D eigenvalue weighted by Crippen LogP contribution is -2.17. The highest BCUT2D eigenvalue weighted by molar-refractivity contribution is 6.03.